The number of hydrogen-bond donors (Lipinski definition) is 1. The zero-order valence-corrected chi connectivity index (χ0v) is 16.1. The van der Waals surface area contributed by atoms with Crippen molar-refractivity contribution in [2.24, 2.45) is 5.41 Å². The van der Waals surface area contributed by atoms with Crippen LogP contribution in [0.2, 0.25) is 4.34 Å². The molecule has 0 bridgehead atoms. The molecule has 26 heavy (non-hydrogen) atoms. The van der Waals surface area contributed by atoms with Gasteiger partial charge in [-0.3, -0.25) is 9.59 Å². The summed E-state index contributed by atoms with van der Waals surface area (Å²) in [5.74, 6) is 0.297. The lowest BCUT2D eigenvalue weighted by Gasteiger charge is -2.27. The monoisotopic (exact) mass is 390 g/mol. The molecule has 0 saturated carbocycles. The highest BCUT2D eigenvalue weighted by molar-refractivity contribution is 7.18. The summed E-state index contributed by atoms with van der Waals surface area (Å²) in [5, 5.41) is 2.83. The molecule has 1 aliphatic rings. The molecule has 0 saturated heterocycles. The van der Waals surface area contributed by atoms with E-state index in [2.05, 4.69) is 11.9 Å². The molecule has 0 radical (unpaired) electrons. The molecule has 2 heterocycles. The van der Waals surface area contributed by atoms with Crippen LogP contribution in [0.3, 0.4) is 0 Å². The van der Waals surface area contributed by atoms with Crippen molar-refractivity contribution in [3.63, 3.8) is 0 Å². The fourth-order valence-corrected chi connectivity index (χ4v) is 3.60. The first-order chi connectivity index (χ1) is 12.3. The smallest absolute Gasteiger partial charge is 0.265 e. The topological polar surface area (TPSA) is 58.6 Å². The first-order valence-corrected chi connectivity index (χ1v) is 9.27. The maximum absolute atomic E-state index is 12.9. The zero-order valence-electron chi connectivity index (χ0n) is 14.5. The Labute approximate surface area is 161 Å². The Morgan fingerprint density at radius 1 is 1.42 bits per heavy atom. The van der Waals surface area contributed by atoms with E-state index in [0.29, 0.717) is 32.9 Å². The third kappa shape index (κ3) is 3.61. The van der Waals surface area contributed by atoms with Crippen molar-refractivity contribution in [3.05, 3.63) is 52.2 Å². The number of nitrogens with one attached hydrogen (secondary N) is 1. The van der Waals surface area contributed by atoms with Crippen LogP contribution in [0, 0.1) is 5.41 Å². The van der Waals surface area contributed by atoms with Crippen molar-refractivity contribution < 1.29 is 14.3 Å². The van der Waals surface area contributed by atoms with Crippen LogP contribution in [0.15, 0.2) is 43.0 Å². The van der Waals surface area contributed by atoms with E-state index in [4.69, 9.17) is 16.3 Å². The second-order valence-electron chi connectivity index (χ2n) is 6.62. The number of fused-ring (bicyclic) bond motifs is 1. The Kier molecular flexibility index (Phi) is 5.07. The van der Waals surface area contributed by atoms with Crippen molar-refractivity contribution in [1.82, 2.24) is 0 Å². The first-order valence-electron chi connectivity index (χ1n) is 8.08. The molecule has 1 aromatic heterocycles. The summed E-state index contributed by atoms with van der Waals surface area (Å²) in [5.41, 5.74) is 0.532. The number of ether oxygens (including phenoxy) is 1. The van der Waals surface area contributed by atoms with E-state index in [0.717, 1.165) is 0 Å². The molecule has 5 nitrogen and oxygen atoms in total. The Bertz CT molecular complexity index is 875. The van der Waals surface area contributed by atoms with Gasteiger partial charge in [-0.1, -0.05) is 17.7 Å². The fraction of sp³-hybridized carbons (Fsp3) is 0.263. The van der Waals surface area contributed by atoms with E-state index in [9.17, 15) is 9.59 Å². The number of nitrogens with zero attached hydrogens (tertiary/aromatic N) is 1. The highest BCUT2D eigenvalue weighted by Gasteiger charge is 2.37. The summed E-state index contributed by atoms with van der Waals surface area (Å²) in [6.07, 6.45) is 1.67. The molecule has 0 spiro atoms. The molecule has 2 aromatic rings. The number of hydrogen-bond acceptors (Lipinski definition) is 4. The van der Waals surface area contributed by atoms with E-state index in [1.807, 2.05) is 13.8 Å². The molecule has 0 aliphatic carbocycles. The summed E-state index contributed by atoms with van der Waals surface area (Å²) in [6, 6.07) is 8.60. The van der Waals surface area contributed by atoms with Crippen LogP contribution in [-0.2, 0) is 4.79 Å². The molecule has 1 N–H and O–H groups in total. The summed E-state index contributed by atoms with van der Waals surface area (Å²) < 4.78 is 6.39. The van der Waals surface area contributed by atoms with Crippen molar-refractivity contribution in [3.8, 4) is 5.75 Å². The minimum atomic E-state index is -0.654. The van der Waals surface area contributed by atoms with Gasteiger partial charge < -0.3 is 15.0 Å². The fourth-order valence-electron chi connectivity index (χ4n) is 2.66. The van der Waals surface area contributed by atoms with Crippen LogP contribution in [0.25, 0.3) is 0 Å². The lowest BCUT2D eigenvalue weighted by atomic mass is 9.93. The zero-order chi connectivity index (χ0) is 18.9. The maximum atomic E-state index is 12.9. The van der Waals surface area contributed by atoms with Gasteiger partial charge in [-0.15, -0.1) is 17.9 Å². The number of halogens is 1. The lowest BCUT2D eigenvalue weighted by molar-refractivity contribution is -0.127. The maximum Gasteiger partial charge on any atom is 0.265 e. The van der Waals surface area contributed by atoms with Crippen LogP contribution in [-0.4, -0.2) is 25.0 Å². The molecule has 0 fully saturated rings. The molecule has 136 valence electrons. The molecule has 0 unspecified atom stereocenters. The first kappa shape index (κ1) is 18.5. The van der Waals surface area contributed by atoms with Crippen molar-refractivity contribution in [1.29, 1.82) is 0 Å². The standard InChI is InChI=1S/C19H19ClN2O3S/c1-4-9-22-13-10-12(21-17(23)15-7-8-16(20)26-15)5-6-14(13)25-11-19(2,3)18(22)24/h4-8,10H,1,9,11H2,2-3H3,(H,21,23). The molecule has 0 atom stereocenters. The number of amides is 2. The minimum Gasteiger partial charge on any atom is -0.490 e. The van der Waals surface area contributed by atoms with E-state index in [1.165, 1.54) is 11.3 Å². The van der Waals surface area contributed by atoms with Gasteiger partial charge in [0.25, 0.3) is 5.91 Å². The normalized spacial score (nSPS) is 15.7. The van der Waals surface area contributed by atoms with Gasteiger partial charge in [0.2, 0.25) is 5.91 Å². The van der Waals surface area contributed by atoms with Gasteiger partial charge in [0.05, 0.1) is 20.3 Å². The van der Waals surface area contributed by atoms with Gasteiger partial charge in [-0.05, 0) is 44.2 Å². The van der Waals surface area contributed by atoms with Gasteiger partial charge >= 0.3 is 0 Å². The Morgan fingerprint density at radius 2 is 2.19 bits per heavy atom. The van der Waals surface area contributed by atoms with E-state index in [-0.39, 0.29) is 18.4 Å². The van der Waals surface area contributed by atoms with E-state index >= 15 is 0 Å². The van der Waals surface area contributed by atoms with Crippen LogP contribution < -0.4 is 15.0 Å². The second kappa shape index (κ2) is 7.13. The van der Waals surface area contributed by atoms with Gasteiger partial charge in [-0.25, -0.2) is 0 Å². The van der Waals surface area contributed by atoms with E-state index in [1.54, 1.807) is 41.3 Å². The Balaban J connectivity index is 1.93. The number of carbonyl (C=O) groups excluding carboxylic acids is 2. The number of anilines is 2. The average Bonchev–Trinajstić information content (AvgIpc) is 3.01. The molecular formula is C19H19ClN2O3S. The number of benzene rings is 1. The molecule has 7 heteroatoms. The van der Waals surface area contributed by atoms with Gasteiger partial charge in [-0.2, -0.15) is 0 Å². The molecule has 1 aromatic carbocycles. The SMILES string of the molecule is C=CCN1C(=O)C(C)(C)COc2ccc(NC(=O)c3ccc(Cl)s3)cc21. The lowest BCUT2D eigenvalue weighted by Crippen LogP contribution is -2.42. The average molecular weight is 391 g/mol. The number of carbonyl (C=O) groups is 2. The predicted octanol–water partition coefficient (Wildman–Crippen LogP) is 4.59. The third-order valence-corrected chi connectivity index (χ3v) is 5.26. The van der Waals surface area contributed by atoms with E-state index < -0.39 is 5.41 Å². The number of rotatable bonds is 4. The summed E-state index contributed by atoms with van der Waals surface area (Å²) in [4.78, 5) is 27.4. The van der Waals surface area contributed by atoms with Gasteiger partial charge in [0.1, 0.15) is 12.4 Å². The molecule has 1 aliphatic heterocycles. The van der Waals surface area contributed by atoms with Crippen LogP contribution in [0.1, 0.15) is 23.5 Å². The van der Waals surface area contributed by atoms with Gasteiger partial charge in [0.15, 0.2) is 0 Å². The quantitative estimate of drug-likeness (QED) is 0.776. The van der Waals surface area contributed by atoms with Gasteiger partial charge in [0, 0.05) is 12.2 Å². The summed E-state index contributed by atoms with van der Waals surface area (Å²) in [7, 11) is 0. The predicted molar refractivity (Wildman–Crippen MR) is 106 cm³/mol. The van der Waals surface area contributed by atoms with Crippen LogP contribution >= 0.6 is 22.9 Å². The minimum absolute atomic E-state index is 0.0512. The highest BCUT2D eigenvalue weighted by Crippen LogP contribution is 2.38. The molecule has 2 amide bonds. The largest absolute Gasteiger partial charge is 0.490 e. The third-order valence-electron chi connectivity index (χ3n) is 4.03. The molecular weight excluding hydrogens is 372 g/mol. The van der Waals surface area contributed by atoms with Crippen molar-refractivity contribution in [2.45, 2.75) is 13.8 Å². The number of thiophene rings is 1. The van der Waals surface area contributed by atoms with Crippen LogP contribution in [0.4, 0.5) is 11.4 Å². The Hall–Kier alpha value is -2.31. The molecule has 3 rings (SSSR count). The van der Waals surface area contributed by atoms with Crippen molar-refractivity contribution in [2.75, 3.05) is 23.4 Å². The summed E-state index contributed by atoms with van der Waals surface area (Å²) in [6.45, 7) is 8.07. The summed E-state index contributed by atoms with van der Waals surface area (Å²) >= 11 is 7.09. The highest BCUT2D eigenvalue weighted by atomic mass is 35.5. The van der Waals surface area contributed by atoms with Crippen molar-refractivity contribution >= 4 is 46.1 Å². The van der Waals surface area contributed by atoms with Crippen LogP contribution in [0.5, 0.6) is 5.75 Å². The second-order valence-corrected chi connectivity index (χ2v) is 8.33. The Morgan fingerprint density at radius 3 is 2.85 bits per heavy atom.